The summed E-state index contributed by atoms with van der Waals surface area (Å²) in [6, 6.07) is 12.7. The van der Waals surface area contributed by atoms with Crippen molar-refractivity contribution in [3.8, 4) is 12.3 Å². The van der Waals surface area contributed by atoms with E-state index in [9.17, 15) is 9.59 Å². The number of aromatic nitrogens is 4. The number of rotatable bonds is 5. The van der Waals surface area contributed by atoms with E-state index in [2.05, 4.69) is 36.7 Å². The monoisotopic (exact) mass is 400 g/mol. The van der Waals surface area contributed by atoms with E-state index in [0.29, 0.717) is 30.9 Å². The lowest BCUT2D eigenvalue weighted by molar-refractivity contribution is -0.118. The number of benzene rings is 1. The number of pyridine rings is 1. The van der Waals surface area contributed by atoms with Gasteiger partial charge in [-0.3, -0.25) is 9.59 Å². The van der Waals surface area contributed by atoms with Gasteiger partial charge in [-0.05, 0) is 23.6 Å². The van der Waals surface area contributed by atoms with Gasteiger partial charge in [0, 0.05) is 25.0 Å². The van der Waals surface area contributed by atoms with Gasteiger partial charge >= 0.3 is 0 Å². The Hall–Kier alpha value is -3.99. The number of fused-ring (bicyclic) bond motifs is 1. The van der Waals surface area contributed by atoms with Crippen LogP contribution in [0.3, 0.4) is 0 Å². The summed E-state index contributed by atoms with van der Waals surface area (Å²) in [5.41, 5.74) is 1.91. The second kappa shape index (κ2) is 8.57. The third-order valence-corrected chi connectivity index (χ3v) is 4.99. The van der Waals surface area contributed by atoms with E-state index < -0.39 is 11.9 Å². The van der Waals surface area contributed by atoms with Gasteiger partial charge in [-0.1, -0.05) is 36.4 Å². The van der Waals surface area contributed by atoms with E-state index >= 15 is 0 Å². The second-order valence-corrected chi connectivity index (χ2v) is 7.08. The molecule has 0 bridgehead atoms. The predicted molar refractivity (Wildman–Crippen MR) is 111 cm³/mol. The molecule has 8 nitrogen and oxygen atoms in total. The molecule has 1 aromatic carbocycles. The fourth-order valence-corrected chi connectivity index (χ4v) is 3.53. The largest absolute Gasteiger partial charge is 0.337 e. The number of carbonyl (C=O) groups excluding carboxylic acids is 2. The van der Waals surface area contributed by atoms with Crippen molar-refractivity contribution in [1.82, 2.24) is 25.5 Å². The molecule has 0 spiro atoms. The van der Waals surface area contributed by atoms with Crippen LogP contribution in [0.4, 0.5) is 5.82 Å². The Morgan fingerprint density at radius 1 is 1.20 bits per heavy atom. The Bertz CT molecular complexity index is 1100. The maximum atomic E-state index is 12.7. The highest BCUT2D eigenvalue weighted by Crippen LogP contribution is 2.32. The van der Waals surface area contributed by atoms with Gasteiger partial charge in [-0.15, -0.1) is 22.5 Å². The number of anilines is 1. The summed E-state index contributed by atoms with van der Waals surface area (Å²) in [7, 11) is 0. The van der Waals surface area contributed by atoms with Crippen molar-refractivity contribution in [2.24, 2.45) is 0 Å². The number of carbonyl (C=O) groups is 2. The van der Waals surface area contributed by atoms with E-state index in [-0.39, 0.29) is 17.6 Å². The molecule has 4 rings (SSSR count). The van der Waals surface area contributed by atoms with Crippen LogP contribution in [0.5, 0.6) is 0 Å². The first-order chi connectivity index (χ1) is 14.6. The topological polar surface area (TPSA) is 113 Å². The molecule has 2 atom stereocenters. The average molecular weight is 400 g/mol. The molecular weight excluding hydrogens is 380 g/mol. The first-order valence-electron chi connectivity index (χ1n) is 9.59. The first kappa shape index (κ1) is 19.3. The highest BCUT2D eigenvalue weighted by atomic mass is 16.2. The summed E-state index contributed by atoms with van der Waals surface area (Å²) in [5, 5.41) is 13.5. The Morgan fingerprint density at radius 3 is 2.83 bits per heavy atom. The zero-order valence-corrected chi connectivity index (χ0v) is 16.1. The van der Waals surface area contributed by atoms with E-state index in [0.717, 1.165) is 11.1 Å². The van der Waals surface area contributed by atoms with Crippen LogP contribution in [-0.2, 0) is 11.2 Å². The summed E-state index contributed by atoms with van der Waals surface area (Å²) in [5.74, 6) is 2.80. The molecule has 0 radical (unpaired) electrons. The van der Waals surface area contributed by atoms with Gasteiger partial charge in [0.25, 0.3) is 5.91 Å². The molecule has 0 saturated heterocycles. The molecule has 3 heterocycles. The summed E-state index contributed by atoms with van der Waals surface area (Å²) < 4.78 is 0. The van der Waals surface area contributed by atoms with Crippen LogP contribution in [0.2, 0.25) is 0 Å². The van der Waals surface area contributed by atoms with Crippen LogP contribution in [0.1, 0.15) is 46.3 Å². The van der Waals surface area contributed by atoms with Crippen LogP contribution < -0.4 is 10.6 Å². The van der Waals surface area contributed by atoms with Crippen molar-refractivity contribution in [2.75, 3.05) is 5.32 Å². The van der Waals surface area contributed by atoms with Crippen molar-refractivity contribution < 1.29 is 9.59 Å². The molecular formula is C22H20N6O2. The lowest BCUT2D eigenvalue weighted by atomic mass is 9.91. The highest BCUT2D eigenvalue weighted by Gasteiger charge is 2.32. The Morgan fingerprint density at radius 2 is 2.03 bits per heavy atom. The lowest BCUT2D eigenvalue weighted by Crippen LogP contribution is -2.44. The van der Waals surface area contributed by atoms with Gasteiger partial charge in [0.05, 0.1) is 0 Å². The van der Waals surface area contributed by atoms with Gasteiger partial charge in [0.15, 0.2) is 0 Å². The van der Waals surface area contributed by atoms with Crippen molar-refractivity contribution in [2.45, 2.75) is 31.2 Å². The number of aromatic amines is 1. The number of hydrogen-bond acceptors (Lipinski definition) is 5. The maximum Gasteiger partial charge on any atom is 0.289 e. The van der Waals surface area contributed by atoms with Crippen LogP contribution in [-0.4, -0.2) is 38.0 Å². The van der Waals surface area contributed by atoms with Crippen molar-refractivity contribution >= 4 is 17.6 Å². The molecule has 0 aliphatic carbocycles. The van der Waals surface area contributed by atoms with Gasteiger partial charge in [-0.2, -0.15) is 0 Å². The molecule has 8 heteroatoms. The minimum atomic E-state index is -0.771. The van der Waals surface area contributed by atoms with Crippen molar-refractivity contribution in [1.29, 1.82) is 0 Å². The molecule has 2 amide bonds. The third-order valence-electron chi connectivity index (χ3n) is 4.99. The van der Waals surface area contributed by atoms with Crippen LogP contribution in [0.15, 0.2) is 48.7 Å². The van der Waals surface area contributed by atoms with Gasteiger partial charge in [0.1, 0.15) is 17.7 Å². The molecule has 3 aromatic rings. The van der Waals surface area contributed by atoms with Crippen LogP contribution >= 0.6 is 0 Å². The summed E-state index contributed by atoms with van der Waals surface area (Å²) in [6.45, 7) is 0. The molecule has 1 aliphatic rings. The summed E-state index contributed by atoms with van der Waals surface area (Å²) in [6.07, 6.45) is 8.45. The lowest BCUT2D eigenvalue weighted by Gasteiger charge is -2.18. The van der Waals surface area contributed by atoms with Gasteiger partial charge in [0.2, 0.25) is 11.7 Å². The van der Waals surface area contributed by atoms with E-state index in [1.165, 1.54) is 0 Å². The predicted octanol–water partition coefficient (Wildman–Crippen LogP) is 2.04. The van der Waals surface area contributed by atoms with Crippen LogP contribution in [0, 0.1) is 12.3 Å². The van der Waals surface area contributed by atoms with E-state index in [1.807, 2.05) is 36.4 Å². The molecule has 150 valence electrons. The molecule has 0 unspecified atom stereocenters. The smallest absolute Gasteiger partial charge is 0.289 e. The van der Waals surface area contributed by atoms with Crippen LogP contribution in [0.25, 0.3) is 0 Å². The summed E-state index contributed by atoms with van der Waals surface area (Å²) in [4.78, 5) is 32.5. The van der Waals surface area contributed by atoms with Gasteiger partial charge < -0.3 is 15.6 Å². The number of nitrogens with zero attached hydrogens (tertiary/aromatic N) is 3. The second-order valence-electron chi connectivity index (χ2n) is 7.08. The Kier molecular flexibility index (Phi) is 5.52. The third kappa shape index (κ3) is 4.20. The molecule has 3 N–H and O–H groups in total. The van der Waals surface area contributed by atoms with E-state index in [1.54, 1.807) is 12.3 Å². The fourth-order valence-electron chi connectivity index (χ4n) is 3.53. The zero-order chi connectivity index (χ0) is 20.9. The molecule has 0 fully saturated rings. The Balaban J connectivity index is 1.48. The first-order valence-corrected chi connectivity index (χ1v) is 9.59. The SMILES string of the molecule is C#CC[C@H]1C[C@@H](NC(=O)c2nnc(Cc3ccccc3)[nH]2)C(=O)Nc2ncccc21. The standard InChI is InChI=1S/C22H20N6O2/c1-2-7-15-13-17(21(29)26-19-16(15)10-6-11-23-19)24-22(30)20-25-18(27-28-20)12-14-8-4-3-5-9-14/h1,3-6,8-11,15,17H,7,12-13H2,(H,24,30)(H,23,26,29)(H,25,27,28)/t15-,17+/m0/s1. The number of nitrogens with one attached hydrogen (secondary N) is 3. The van der Waals surface area contributed by atoms with Crippen molar-refractivity contribution in [3.05, 3.63) is 71.4 Å². The number of amides is 2. The molecule has 2 aromatic heterocycles. The molecule has 30 heavy (non-hydrogen) atoms. The summed E-state index contributed by atoms with van der Waals surface area (Å²) >= 11 is 0. The average Bonchev–Trinajstić information content (AvgIpc) is 3.17. The Labute approximate surface area is 173 Å². The number of H-pyrrole nitrogens is 1. The van der Waals surface area contributed by atoms with Gasteiger partial charge in [-0.25, -0.2) is 4.98 Å². The minimum absolute atomic E-state index is 0.0575. The zero-order valence-electron chi connectivity index (χ0n) is 16.1. The highest BCUT2D eigenvalue weighted by molar-refractivity contribution is 6.00. The van der Waals surface area contributed by atoms with Crippen molar-refractivity contribution in [3.63, 3.8) is 0 Å². The number of hydrogen-bond donors (Lipinski definition) is 3. The quantitative estimate of drug-likeness (QED) is 0.568. The van der Waals surface area contributed by atoms with E-state index in [4.69, 9.17) is 6.42 Å². The fraction of sp³-hybridized carbons (Fsp3) is 0.227. The molecule has 0 saturated carbocycles. The normalized spacial score (nSPS) is 17.9. The molecule has 1 aliphatic heterocycles. The maximum absolute atomic E-state index is 12.7. The number of terminal acetylenes is 1. The minimum Gasteiger partial charge on any atom is -0.337 e.